The Kier molecular flexibility index (Phi) is 7.79. The number of benzene rings is 2. The number of nitrogens with zero attached hydrogens (tertiary/aromatic N) is 2. The monoisotopic (exact) mass is 504 g/mol. The lowest BCUT2D eigenvalue weighted by atomic mass is 9.75. The van der Waals surface area contributed by atoms with Gasteiger partial charge in [0.25, 0.3) is 0 Å². The van der Waals surface area contributed by atoms with E-state index < -0.39 is 11.7 Å². The lowest BCUT2D eigenvalue weighted by Gasteiger charge is -2.36. The van der Waals surface area contributed by atoms with E-state index in [9.17, 15) is 18.0 Å². The summed E-state index contributed by atoms with van der Waals surface area (Å²) in [6.07, 6.45) is -1.47. The molecule has 1 aromatic heterocycles. The van der Waals surface area contributed by atoms with Crippen LogP contribution in [0.15, 0.2) is 53.7 Å². The number of rotatable bonds is 7. The van der Waals surface area contributed by atoms with Crippen LogP contribution in [0, 0.1) is 17.8 Å². The Morgan fingerprint density at radius 3 is 2.60 bits per heavy atom. The molecule has 4 nitrogen and oxygen atoms in total. The minimum atomic E-state index is -4.45. The number of ether oxygens (including phenoxy) is 1. The molecule has 0 aliphatic heterocycles. The maximum Gasteiger partial charge on any atom is 0.416 e. The highest BCUT2D eigenvalue weighted by molar-refractivity contribution is 7.99. The molecule has 35 heavy (non-hydrogen) atoms. The van der Waals surface area contributed by atoms with Crippen LogP contribution in [0.1, 0.15) is 51.2 Å². The second-order valence-corrected chi connectivity index (χ2v) is 10.8. The minimum absolute atomic E-state index is 0.0555. The van der Waals surface area contributed by atoms with Crippen molar-refractivity contribution < 1.29 is 22.7 Å². The van der Waals surface area contributed by atoms with Crippen molar-refractivity contribution in [3.8, 4) is 0 Å². The third-order valence-corrected chi connectivity index (χ3v) is 7.74. The summed E-state index contributed by atoms with van der Waals surface area (Å²) >= 11 is 1.21. The number of fused-ring (bicyclic) bond motifs is 1. The molecule has 4 rings (SSSR count). The van der Waals surface area contributed by atoms with Gasteiger partial charge < -0.3 is 9.30 Å². The number of esters is 1. The topological polar surface area (TPSA) is 44.1 Å². The van der Waals surface area contributed by atoms with Crippen LogP contribution in [0.5, 0.6) is 0 Å². The number of hydrogen-bond donors (Lipinski definition) is 0. The molecule has 1 aliphatic carbocycles. The Hall–Kier alpha value is -2.48. The molecule has 3 atom stereocenters. The van der Waals surface area contributed by atoms with E-state index in [2.05, 4.69) is 25.8 Å². The molecular weight excluding hydrogens is 473 g/mol. The van der Waals surface area contributed by atoms with E-state index in [1.54, 1.807) is 0 Å². The van der Waals surface area contributed by atoms with Gasteiger partial charge in [0.15, 0.2) is 5.16 Å². The van der Waals surface area contributed by atoms with Crippen LogP contribution in [0.25, 0.3) is 11.0 Å². The van der Waals surface area contributed by atoms with E-state index in [0.717, 1.165) is 37.0 Å². The van der Waals surface area contributed by atoms with Crippen molar-refractivity contribution in [1.82, 2.24) is 9.55 Å². The van der Waals surface area contributed by atoms with Gasteiger partial charge in [-0.25, -0.2) is 4.98 Å². The molecule has 0 spiro atoms. The average molecular weight is 505 g/mol. The van der Waals surface area contributed by atoms with Crippen molar-refractivity contribution in [3.05, 3.63) is 59.7 Å². The summed E-state index contributed by atoms with van der Waals surface area (Å²) < 4.78 is 47.6. The van der Waals surface area contributed by atoms with Crippen molar-refractivity contribution >= 4 is 28.8 Å². The fraction of sp³-hybridized carbons (Fsp3) is 0.481. The maximum absolute atomic E-state index is 13.3. The van der Waals surface area contributed by atoms with Gasteiger partial charge in [0.2, 0.25) is 0 Å². The number of carbonyl (C=O) groups is 1. The number of thioether (sulfide) groups is 1. The van der Waals surface area contributed by atoms with Gasteiger partial charge in [0.05, 0.1) is 28.9 Å². The first-order valence-electron chi connectivity index (χ1n) is 12.1. The van der Waals surface area contributed by atoms with Crippen LogP contribution in [0.2, 0.25) is 0 Å². The smallest absolute Gasteiger partial charge is 0.416 e. The highest BCUT2D eigenvalue weighted by Crippen LogP contribution is 2.36. The highest BCUT2D eigenvalue weighted by Gasteiger charge is 2.34. The standard InChI is InChI=1S/C27H31F3N2O2S/c1-17(2)21-11-9-18(3)13-24(21)34-25(33)16-35-26-31-22-14-20(27(28,29)30)10-12-23(22)32(26)15-19-7-5-4-6-8-19/h4-8,10,12,14,17-18,21,24H,9,11,13,15-16H2,1-3H3/t18-,21+,24-/m0/s1. The SMILES string of the molecule is CC(C)[C@H]1CC[C@H](C)C[C@@H]1OC(=O)CSc1nc2cc(C(F)(F)F)ccc2n1Cc1ccccc1. The predicted octanol–water partition coefficient (Wildman–Crippen LogP) is 7.20. The van der Waals surface area contributed by atoms with Gasteiger partial charge in [-0.1, -0.05) is 69.3 Å². The number of aromatic nitrogens is 2. The van der Waals surface area contributed by atoms with Crippen molar-refractivity contribution in [2.24, 2.45) is 17.8 Å². The molecule has 1 aliphatic rings. The Morgan fingerprint density at radius 1 is 1.17 bits per heavy atom. The molecule has 0 amide bonds. The summed E-state index contributed by atoms with van der Waals surface area (Å²) in [6.45, 7) is 6.96. The average Bonchev–Trinajstić information content (AvgIpc) is 3.14. The van der Waals surface area contributed by atoms with Gasteiger partial charge in [0.1, 0.15) is 6.10 Å². The summed E-state index contributed by atoms with van der Waals surface area (Å²) in [5, 5.41) is 0.498. The molecule has 0 bridgehead atoms. The van der Waals surface area contributed by atoms with E-state index in [1.807, 2.05) is 34.9 Å². The zero-order valence-corrected chi connectivity index (χ0v) is 21.0. The number of imidazole rings is 1. The number of carbonyl (C=O) groups excluding carboxylic acids is 1. The molecular formula is C27H31F3N2O2S. The van der Waals surface area contributed by atoms with Gasteiger partial charge in [-0.15, -0.1) is 0 Å². The summed E-state index contributed by atoms with van der Waals surface area (Å²) in [6, 6.07) is 13.2. The third kappa shape index (κ3) is 6.21. The Labute approximate surface area is 208 Å². The first kappa shape index (κ1) is 25.6. The van der Waals surface area contributed by atoms with Gasteiger partial charge in [0, 0.05) is 0 Å². The second kappa shape index (κ2) is 10.6. The zero-order chi connectivity index (χ0) is 25.2. The van der Waals surface area contributed by atoms with Gasteiger partial charge in [-0.3, -0.25) is 4.79 Å². The lowest BCUT2D eigenvalue weighted by Crippen LogP contribution is -2.36. The van der Waals surface area contributed by atoms with Crippen LogP contribution < -0.4 is 0 Å². The molecule has 1 fully saturated rings. The summed E-state index contributed by atoms with van der Waals surface area (Å²) in [4.78, 5) is 17.3. The molecule has 8 heteroatoms. The van der Waals surface area contributed by atoms with Crippen LogP contribution in [-0.4, -0.2) is 27.4 Å². The van der Waals surface area contributed by atoms with Gasteiger partial charge in [-0.05, 0) is 54.4 Å². The molecule has 1 saturated carbocycles. The summed E-state index contributed by atoms with van der Waals surface area (Å²) in [5.74, 6) is 1.05. The summed E-state index contributed by atoms with van der Waals surface area (Å²) in [7, 11) is 0. The number of alkyl halides is 3. The molecule has 2 aromatic carbocycles. The second-order valence-electron chi connectivity index (χ2n) is 9.81. The van der Waals surface area contributed by atoms with Crippen LogP contribution >= 0.6 is 11.8 Å². The van der Waals surface area contributed by atoms with E-state index in [4.69, 9.17) is 4.74 Å². The van der Waals surface area contributed by atoms with Crippen molar-refractivity contribution in [2.45, 2.75) is 64.0 Å². The van der Waals surface area contributed by atoms with Crippen LogP contribution in [0.4, 0.5) is 13.2 Å². The molecule has 0 radical (unpaired) electrons. The molecule has 0 saturated heterocycles. The van der Waals surface area contributed by atoms with Crippen molar-refractivity contribution in [3.63, 3.8) is 0 Å². The van der Waals surface area contributed by atoms with E-state index in [1.165, 1.54) is 17.8 Å². The quantitative estimate of drug-likeness (QED) is 0.252. The number of halogens is 3. The molecule has 188 valence electrons. The largest absolute Gasteiger partial charge is 0.461 e. The minimum Gasteiger partial charge on any atom is -0.461 e. The van der Waals surface area contributed by atoms with Crippen molar-refractivity contribution in [2.75, 3.05) is 5.75 Å². The Balaban J connectivity index is 1.55. The van der Waals surface area contributed by atoms with Crippen LogP contribution in [-0.2, 0) is 22.3 Å². The molecule has 3 aromatic rings. The highest BCUT2D eigenvalue weighted by atomic mass is 32.2. The maximum atomic E-state index is 13.3. The van der Waals surface area contributed by atoms with Gasteiger partial charge in [-0.2, -0.15) is 13.2 Å². The fourth-order valence-corrected chi connectivity index (χ4v) is 5.69. The normalized spacial score (nSPS) is 20.9. The molecule has 1 heterocycles. The lowest BCUT2D eigenvalue weighted by molar-refractivity contribution is -0.152. The van der Waals surface area contributed by atoms with E-state index in [-0.39, 0.29) is 23.3 Å². The first-order chi connectivity index (χ1) is 16.6. The fourth-order valence-electron chi connectivity index (χ4n) is 4.89. The van der Waals surface area contributed by atoms with E-state index in [0.29, 0.717) is 35.0 Å². The molecule has 0 N–H and O–H groups in total. The zero-order valence-electron chi connectivity index (χ0n) is 20.2. The van der Waals surface area contributed by atoms with Gasteiger partial charge >= 0.3 is 12.1 Å². The third-order valence-electron chi connectivity index (χ3n) is 6.79. The van der Waals surface area contributed by atoms with Crippen molar-refractivity contribution in [1.29, 1.82) is 0 Å². The Morgan fingerprint density at radius 2 is 1.91 bits per heavy atom. The molecule has 0 unspecified atom stereocenters. The predicted molar refractivity (Wildman–Crippen MR) is 132 cm³/mol. The summed E-state index contributed by atoms with van der Waals surface area (Å²) in [5.41, 5.74) is 1.11. The Bertz CT molecular complexity index is 1160. The van der Waals surface area contributed by atoms with E-state index >= 15 is 0 Å². The van der Waals surface area contributed by atoms with Crippen LogP contribution in [0.3, 0.4) is 0 Å². The number of hydrogen-bond acceptors (Lipinski definition) is 4. The first-order valence-corrected chi connectivity index (χ1v) is 13.0.